The summed E-state index contributed by atoms with van der Waals surface area (Å²) in [5.41, 5.74) is 0.851. The number of rotatable bonds is 4. The maximum atomic E-state index is 13.3. The van der Waals surface area contributed by atoms with Crippen LogP contribution in [0, 0.1) is 11.6 Å². The van der Waals surface area contributed by atoms with Gasteiger partial charge in [0.05, 0.1) is 11.9 Å². The van der Waals surface area contributed by atoms with Gasteiger partial charge in [-0.05, 0) is 31.3 Å². The average Bonchev–Trinajstić information content (AvgIpc) is 2.35. The Morgan fingerprint density at radius 3 is 2.67 bits per heavy atom. The molecule has 0 aliphatic rings. The summed E-state index contributed by atoms with van der Waals surface area (Å²) in [4.78, 5) is 4.13. The minimum Gasteiger partial charge on any atom is -0.453 e. The minimum atomic E-state index is -0.741. The van der Waals surface area contributed by atoms with E-state index >= 15 is 0 Å². The average molecular weight is 250 g/mol. The van der Waals surface area contributed by atoms with E-state index in [9.17, 15) is 8.78 Å². The van der Waals surface area contributed by atoms with Gasteiger partial charge in [0.2, 0.25) is 0 Å². The highest BCUT2D eigenvalue weighted by atomic mass is 19.1. The predicted octanol–water partition coefficient (Wildman–Crippen LogP) is 2.87. The van der Waals surface area contributed by atoms with Gasteiger partial charge in [-0.2, -0.15) is 0 Å². The molecule has 0 aliphatic carbocycles. The monoisotopic (exact) mass is 250 g/mol. The fourth-order valence-electron chi connectivity index (χ4n) is 1.44. The molecule has 3 nitrogen and oxygen atoms in total. The molecule has 2 aromatic rings. The smallest absolute Gasteiger partial charge is 0.168 e. The van der Waals surface area contributed by atoms with Gasteiger partial charge in [0.15, 0.2) is 11.6 Å². The van der Waals surface area contributed by atoms with Crippen molar-refractivity contribution in [3.05, 3.63) is 53.9 Å². The maximum absolute atomic E-state index is 13.3. The van der Waals surface area contributed by atoms with Crippen molar-refractivity contribution < 1.29 is 13.5 Å². The van der Waals surface area contributed by atoms with Crippen LogP contribution in [-0.4, -0.2) is 12.0 Å². The molecule has 0 unspecified atom stereocenters. The Hall–Kier alpha value is -2.01. The summed E-state index contributed by atoms with van der Waals surface area (Å²) in [5, 5.41) is 2.96. The number of halogens is 2. The van der Waals surface area contributed by atoms with Crippen LogP contribution in [0.3, 0.4) is 0 Å². The highest BCUT2D eigenvalue weighted by molar-refractivity contribution is 5.31. The van der Waals surface area contributed by atoms with Gasteiger partial charge in [-0.1, -0.05) is 0 Å². The van der Waals surface area contributed by atoms with Crippen molar-refractivity contribution in [2.45, 2.75) is 6.54 Å². The van der Waals surface area contributed by atoms with Gasteiger partial charge in [-0.15, -0.1) is 0 Å². The molecule has 0 bridgehead atoms. The first-order chi connectivity index (χ1) is 8.69. The van der Waals surface area contributed by atoms with Crippen molar-refractivity contribution in [1.29, 1.82) is 0 Å². The second kappa shape index (κ2) is 5.55. The van der Waals surface area contributed by atoms with E-state index in [2.05, 4.69) is 10.3 Å². The van der Waals surface area contributed by atoms with Crippen LogP contribution < -0.4 is 10.1 Å². The molecule has 0 saturated carbocycles. The van der Waals surface area contributed by atoms with Crippen LogP contribution in [0.25, 0.3) is 0 Å². The quantitative estimate of drug-likeness (QED) is 0.906. The molecule has 0 amide bonds. The van der Waals surface area contributed by atoms with Crippen LogP contribution in [0.5, 0.6) is 11.5 Å². The topological polar surface area (TPSA) is 34.1 Å². The number of benzene rings is 1. The second-order valence-electron chi connectivity index (χ2n) is 3.69. The highest BCUT2D eigenvalue weighted by Gasteiger charge is 2.06. The minimum absolute atomic E-state index is 0.0282. The first kappa shape index (κ1) is 12.4. The van der Waals surface area contributed by atoms with Crippen LogP contribution in [-0.2, 0) is 6.54 Å². The van der Waals surface area contributed by atoms with Gasteiger partial charge in [0.1, 0.15) is 11.6 Å². The summed E-state index contributed by atoms with van der Waals surface area (Å²) < 4.78 is 31.3. The van der Waals surface area contributed by atoms with Gasteiger partial charge in [-0.3, -0.25) is 4.98 Å². The Morgan fingerprint density at radius 1 is 1.22 bits per heavy atom. The normalized spacial score (nSPS) is 10.4. The van der Waals surface area contributed by atoms with Crippen molar-refractivity contribution in [1.82, 2.24) is 10.3 Å². The van der Waals surface area contributed by atoms with Crippen LogP contribution in [0.2, 0.25) is 0 Å². The predicted molar refractivity (Wildman–Crippen MR) is 63.4 cm³/mol. The van der Waals surface area contributed by atoms with E-state index in [0.717, 1.165) is 17.8 Å². The Balaban J connectivity index is 2.13. The molecule has 0 atom stereocenters. The van der Waals surface area contributed by atoms with Crippen LogP contribution >= 0.6 is 0 Å². The van der Waals surface area contributed by atoms with Gasteiger partial charge in [0, 0.05) is 12.6 Å². The fraction of sp³-hybridized carbons (Fsp3) is 0.154. The van der Waals surface area contributed by atoms with Gasteiger partial charge < -0.3 is 10.1 Å². The van der Waals surface area contributed by atoms with Gasteiger partial charge in [-0.25, -0.2) is 8.78 Å². The lowest BCUT2D eigenvalue weighted by Gasteiger charge is -2.07. The number of pyridine rings is 1. The molecule has 0 spiro atoms. The lowest BCUT2D eigenvalue weighted by Crippen LogP contribution is -2.06. The van der Waals surface area contributed by atoms with Gasteiger partial charge >= 0.3 is 0 Å². The Kier molecular flexibility index (Phi) is 3.84. The first-order valence-electron chi connectivity index (χ1n) is 5.41. The molecule has 1 aromatic carbocycles. The molecule has 2 rings (SSSR count). The lowest BCUT2D eigenvalue weighted by atomic mass is 10.3. The number of hydrogen-bond donors (Lipinski definition) is 1. The summed E-state index contributed by atoms with van der Waals surface area (Å²) in [7, 11) is 1.82. The van der Waals surface area contributed by atoms with E-state index < -0.39 is 11.6 Å². The summed E-state index contributed by atoms with van der Waals surface area (Å²) in [6.45, 7) is 0.644. The summed E-state index contributed by atoms with van der Waals surface area (Å²) in [6, 6.07) is 6.61. The van der Waals surface area contributed by atoms with Crippen LogP contribution in [0.15, 0.2) is 36.5 Å². The molecular formula is C13H12F2N2O. The van der Waals surface area contributed by atoms with E-state index in [1.54, 1.807) is 12.1 Å². The fourth-order valence-corrected chi connectivity index (χ4v) is 1.44. The molecule has 1 N–H and O–H groups in total. The molecule has 94 valence electrons. The van der Waals surface area contributed by atoms with Crippen LogP contribution in [0.1, 0.15) is 5.69 Å². The van der Waals surface area contributed by atoms with Crippen molar-refractivity contribution in [2.75, 3.05) is 7.05 Å². The molecule has 1 aromatic heterocycles. The SMILES string of the molecule is CNCc1ccc(Oc2ccc(F)cc2F)cn1. The lowest BCUT2D eigenvalue weighted by molar-refractivity contribution is 0.435. The zero-order valence-corrected chi connectivity index (χ0v) is 9.78. The summed E-state index contributed by atoms with van der Waals surface area (Å²) >= 11 is 0. The molecule has 0 radical (unpaired) electrons. The maximum Gasteiger partial charge on any atom is 0.168 e. The number of hydrogen-bond acceptors (Lipinski definition) is 3. The van der Waals surface area contributed by atoms with E-state index in [-0.39, 0.29) is 5.75 Å². The Labute approximate surface area is 103 Å². The number of nitrogens with one attached hydrogen (secondary N) is 1. The zero-order chi connectivity index (χ0) is 13.0. The Morgan fingerprint density at radius 2 is 2.06 bits per heavy atom. The highest BCUT2D eigenvalue weighted by Crippen LogP contribution is 2.24. The van der Waals surface area contributed by atoms with Crippen molar-refractivity contribution in [3.8, 4) is 11.5 Å². The number of nitrogens with zero attached hydrogens (tertiary/aromatic N) is 1. The Bertz CT molecular complexity index is 529. The largest absolute Gasteiger partial charge is 0.453 e. The van der Waals surface area contributed by atoms with Gasteiger partial charge in [0.25, 0.3) is 0 Å². The standard InChI is InChI=1S/C13H12F2N2O/c1-16-7-10-3-4-11(8-17-10)18-13-5-2-9(14)6-12(13)15/h2-6,8,16H,7H2,1H3. The third kappa shape index (κ3) is 3.01. The number of ether oxygens (including phenoxy) is 1. The van der Waals surface area contributed by atoms with Crippen molar-refractivity contribution >= 4 is 0 Å². The molecule has 18 heavy (non-hydrogen) atoms. The zero-order valence-electron chi connectivity index (χ0n) is 9.78. The van der Waals surface area contributed by atoms with Crippen molar-refractivity contribution in [2.24, 2.45) is 0 Å². The molecule has 0 fully saturated rings. The van der Waals surface area contributed by atoms with E-state index in [0.29, 0.717) is 12.3 Å². The number of aromatic nitrogens is 1. The molecule has 0 saturated heterocycles. The molecular weight excluding hydrogens is 238 g/mol. The van der Waals surface area contributed by atoms with Crippen LogP contribution in [0.4, 0.5) is 8.78 Å². The van der Waals surface area contributed by atoms with E-state index in [1.165, 1.54) is 12.3 Å². The summed E-state index contributed by atoms with van der Waals surface area (Å²) in [6.07, 6.45) is 1.50. The second-order valence-corrected chi connectivity index (χ2v) is 3.69. The molecule has 1 heterocycles. The molecule has 0 aliphatic heterocycles. The van der Waals surface area contributed by atoms with Crippen molar-refractivity contribution in [3.63, 3.8) is 0 Å². The third-order valence-electron chi connectivity index (χ3n) is 2.28. The van der Waals surface area contributed by atoms with E-state index in [1.807, 2.05) is 7.05 Å². The summed E-state index contributed by atoms with van der Waals surface area (Å²) in [5.74, 6) is -1.00. The van der Waals surface area contributed by atoms with E-state index in [4.69, 9.17) is 4.74 Å². The third-order valence-corrected chi connectivity index (χ3v) is 2.28. The molecule has 5 heteroatoms. The first-order valence-corrected chi connectivity index (χ1v) is 5.41.